The van der Waals surface area contributed by atoms with Crippen LogP contribution in [0.25, 0.3) is 0 Å². The zero-order chi connectivity index (χ0) is 13.6. The van der Waals surface area contributed by atoms with Crippen molar-refractivity contribution in [3.8, 4) is 0 Å². The minimum atomic E-state index is -0.383. The normalized spacial score (nSPS) is 18.8. The highest BCUT2D eigenvalue weighted by atomic mass is 16.5. The topological polar surface area (TPSA) is 50.8 Å². The quantitative estimate of drug-likeness (QED) is 0.735. The summed E-state index contributed by atoms with van der Waals surface area (Å²) in [6.07, 6.45) is -0.383. The average Bonchev–Trinajstić information content (AvgIpc) is 2.33. The highest BCUT2D eigenvalue weighted by Crippen LogP contribution is 2.06. The molecule has 1 heterocycles. The van der Waals surface area contributed by atoms with Gasteiger partial charge in [-0.3, -0.25) is 4.79 Å². The highest BCUT2D eigenvalue weighted by molar-refractivity contribution is 5.80. The Morgan fingerprint density at radius 2 is 1.89 bits per heavy atom. The molecule has 0 saturated carbocycles. The predicted octanol–water partition coefficient (Wildman–Crippen LogP) is 0.638. The van der Waals surface area contributed by atoms with Gasteiger partial charge in [-0.25, -0.2) is 0 Å². The second-order valence-electron chi connectivity index (χ2n) is 5.55. The fourth-order valence-corrected chi connectivity index (χ4v) is 1.79. The molecule has 1 unspecified atom stereocenters. The van der Waals surface area contributed by atoms with Gasteiger partial charge in [0.25, 0.3) is 5.91 Å². The van der Waals surface area contributed by atoms with Gasteiger partial charge in [0.15, 0.2) is 0 Å². The maximum absolute atomic E-state index is 12.0. The van der Waals surface area contributed by atoms with Crippen LogP contribution in [0.3, 0.4) is 0 Å². The molecule has 0 aromatic rings. The van der Waals surface area contributed by atoms with Crippen molar-refractivity contribution in [1.82, 2.24) is 10.2 Å². The van der Waals surface area contributed by atoms with Crippen LogP contribution in [-0.4, -0.2) is 61.9 Å². The monoisotopic (exact) mass is 258 g/mol. The van der Waals surface area contributed by atoms with Crippen LogP contribution in [0.4, 0.5) is 0 Å². The van der Waals surface area contributed by atoms with E-state index in [1.165, 1.54) is 0 Å². The minimum Gasteiger partial charge on any atom is -0.373 e. The molecule has 106 valence electrons. The number of amides is 1. The molecule has 1 aliphatic heterocycles. The van der Waals surface area contributed by atoms with Gasteiger partial charge in [-0.15, -0.1) is 0 Å². The zero-order valence-electron chi connectivity index (χ0n) is 12.0. The lowest BCUT2D eigenvalue weighted by Gasteiger charge is -2.29. The number of carbonyl (C=O) groups is 1. The molecule has 0 aromatic carbocycles. The fourth-order valence-electron chi connectivity index (χ4n) is 1.79. The first kappa shape index (κ1) is 15.4. The molecule has 1 saturated heterocycles. The summed E-state index contributed by atoms with van der Waals surface area (Å²) >= 11 is 0. The molecule has 1 fully saturated rings. The Morgan fingerprint density at radius 1 is 1.28 bits per heavy atom. The second-order valence-corrected chi connectivity index (χ2v) is 5.55. The van der Waals surface area contributed by atoms with E-state index >= 15 is 0 Å². The number of carbonyl (C=O) groups excluding carboxylic acids is 1. The summed E-state index contributed by atoms with van der Waals surface area (Å²) in [7, 11) is 0. The van der Waals surface area contributed by atoms with Crippen LogP contribution in [0.2, 0.25) is 0 Å². The largest absolute Gasteiger partial charge is 0.373 e. The van der Waals surface area contributed by atoms with Crippen molar-refractivity contribution in [2.45, 2.75) is 39.4 Å². The van der Waals surface area contributed by atoms with E-state index in [4.69, 9.17) is 9.47 Å². The van der Waals surface area contributed by atoms with Gasteiger partial charge in [0.05, 0.1) is 18.8 Å². The molecule has 1 atom stereocenters. The van der Waals surface area contributed by atoms with E-state index < -0.39 is 0 Å². The zero-order valence-corrected chi connectivity index (χ0v) is 12.0. The third-order valence-corrected chi connectivity index (χ3v) is 2.76. The second kappa shape index (κ2) is 7.07. The van der Waals surface area contributed by atoms with Gasteiger partial charge in [-0.1, -0.05) is 0 Å². The molecule has 5 heteroatoms. The Labute approximate surface area is 110 Å². The maximum atomic E-state index is 12.0. The maximum Gasteiger partial charge on any atom is 0.251 e. The molecule has 1 amide bonds. The Balaban J connectivity index is 2.19. The van der Waals surface area contributed by atoms with Gasteiger partial charge in [0.1, 0.15) is 6.10 Å². The van der Waals surface area contributed by atoms with Crippen molar-refractivity contribution >= 4 is 5.91 Å². The fraction of sp³-hybridized carbons (Fsp3) is 0.923. The molecule has 0 aromatic heterocycles. The molecule has 1 aliphatic rings. The Bertz CT molecular complexity index is 257. The SMILES string of the molecule is CC(OCCOC(C)(C)C)C(=O)N1CCNCC1. The van der Waals surface area contributed by atoms with E-state index in [-0.39, 0.29) is 17.6 Å². The van der Waals surface area contributed by atoms with Crippen LogP contribution in [-0.2, 0) is 14.3 Å². The van der Waals surface area contributed by atoms with Gasteiger partial charge < -0.3 is 19.7 Å². The number of piperazine rings is 1. The standard InChI is InChI=1S/C13H26N2O3/c1-11(17-9-10-18-13(2,3)4)12(16)15-7-5-14-6-8-15/h11,14H,5-10H2,1-4H3. The van der Waals surface area contributed by atoms with Crippen LogP contribution in [0.15, 0.2) is 0 Å². The van der Waals surface area contributed by atoms with Gasteiger partial charge in [-0.2, -0.15) is 0 Å². The van der Waals surface area contributed by atoms with Crippen molar-refractivity contribution in [1.29, 1.82) is 0 Å². The third-order valence-electron chi connectivity index (χ3n) is 2.76. The molecule has 1 N–H and O–H groups in total. The summed E-state index contributed by atoms with van der Waals surface area (Å²) in [5.41, 5.74) is -0.158. The summed E-state index contributed by atoms with van der Waals surface area (Å²) in [6.45, 7) is 12.1. The number of rotatable bonds is 5. The van der Waals surface area contributed by atoms with Crippen molar-refractivity contribution in [2.24, 2.45) is 0 Å². The van der Waals surface area contributed by atoms with E-state index in [2.05, 4.69) is 5.32 Å². The smallest absolute Gasteiger partial charge is 0.251 e. The third kappa shape index (κ3) is 5.80. The first-order valence-electron chi connectivity index (χ1n) is 6.65. The van der Waals surface area contributed by atoms with Gasteiger partial charge in [-0.05, 0) is 27.7 Å². The summed E-state index contributed by atoms with van der Waals surface area (Å²) < 4.78 is 11.1. The van der Waals surface area contributed by atoms with E-state index in [1.54, 1.807) is 0 Å². The number of ether oxygens (including phenoxy) is 2. The van der Waals surface area contributed by atoms with E-state index in [9.17, 15) is 4.79 Å². The molecule has 1 rings (SSSR count). The van der Waals surface area contributed by atoms with Gasteiger partial charge >= 0.3 is 0 Å². The summed E-state index contributed by atoms with van der Waals surface area (Å²) in [5, 5.41) is 3.22. The summed E-state index contributed by atoms with van der Waals surface area (Å²) in [5.74, 6) is 0.0762. The lowest BCUT2D eigenvalue weighted by molar-refractivity contribution is -0.145. The van der Waals surface area contributed by atoms with E-state index in [0.717, 1.165) is 26.2 Å². The number of nitrogens with one attached hydrogen (secondary N) is 1. The van der Waals surface area contributed by atoms with Crippen LogP contribution in [0, 0.1) is 0 Å². The van der Waals surface area contributed by atoms with Crippen LogP contribution < -0.4 is 5.32 Å². The minimum absolute atomic E-state index is 0.0762. The molecular formula is C13H26N2O3. The van der Waals surface area contributed by atoms with Crippen LogP contribution in [0.1, 0.15) is 27.7 Å². The Kier molecular flexibility index (Phi) is 6.05. The highest BCUT2D eigenvalue weighted by Gasteiger charge is 2.22. The molecule has 0 spiro atoms. The van der Waals surface area contributed by atoms with Crippen molar-refractivity contribution < 1.29 is 14.3 Å². The van der Waals surface area contributed by atoms with E-state index in [1.807, 2.05) is 32.6 Å². The molecular weight excluding hydrogens is 232 g/mol. The number of hydrogen-bond donors (Lipinski definition) is 1. The lowest BCUT2D eigenvalue weighted by atomic mass is 10.2. The average molecular weight is 258 g/mol. The Hall–Kier alpha value is -0.650. The van der Waals surface area contributed by atoms with Crippen molar-refractivity contribution in [3.63, 3.8) is 0 Å². The molecule has 0 aliphatic carbocycles. The van der Waals surface area contributed by atoms with E-state index in [0.29, 0.717) is 13.2 Å². The summed E-state index contributed by atoms with van der Waals surface area (Å²) in [4.78, 5) is 13.9. The summed E-state index contributed by atoms with van der Waals surface area (Å²) in [6, 6.07) is 0. The molecule has 0 radical (unpaired) electrons. The molecule has 5 nitrogen and oxygen atoms in total. The first-order chi connectivity index (χ1) is 8.40. The number of nitrogens with zero attached hydrogens (tertiary/aromatic N) is 1. The Morgan fingerprint density at radius 3 is 2.44 bits per heavy atom. The lowest BCUT2D eigenvalue weighted by Crippen LogP contribution is -2.49. The predicted molar refractivity (Wildman–Crippen MR) is 70.6 cm³/mol. The van der Waals surface area contributed by atoms with Crippen LogP contribution >= 0.6 is 0 Å². The van der Waals surface area contributed by atoms with Crippen LogP contribution in [0.5, 0.6) is 0 Å². The molecule has 0 bridgehead atoms. The van der Waals surface area contributed by atoms with Crippen molar-refractivity contribution in [3.05, 3.63) is 0 Å². The van der Waals surface area contributed by atoms with Gasteiger partial charge in [0, 0.05) is 26.2 Å². The van der Waals surface area contributed by atoms with Gasteiger partial charge in [0.2, 0.25) is 0 Å². The first-order valence-corrected chi connectivity index (χ1v) is 6.65. The van der Waals surface area contributed by atoms with Crippen molar-refractivity contribution in [2.75, 3.05) is 39.4 Å². The molecule has 18 heavy (non-hydrogen) atoms. The number of hydrogen-bond acceptors (Lipinski definition) is 4.